The lowest BCUT2D eigenvalue weighted by Gasteiger charge is -2.37. The van der Waals surface area contributed by atoms with Crippen molar-refractivity contribution in [1.29, 1.82) is 0 Å². The molecule has 2 heteroatoms. The summed E-state index contributed by atoms with van der Waals surface area (Å²) in [4.78, 5) is 0. The molecule has 0 aromatic heterocycles. The molecule has 3 unspecified atom stereocenters. The Hall–Kier alpha value is -0.0800. The molecule has 2 nitrogen and oxygen atoms in total. The first-order valence-corrected chi connectivity index (χ1v) is 6.63. The second-order valence-electron chi connectivity index (χ2n) is 5.61. The zero-order valence-corrected chi connectivity index (χ0v) is 10.2. The molecule has 1 N–H and O–H groups in total. The summed E-state index contributed by atoms with van der Waals surface area (Å²) in [6.45, 7) is 5.51. The Morgan fingerprint density at radius 3 is 2.80 bits per heavy atom. The van der Waals surface area contributed by atoms with Crippen LogP contribution in [0.1, 0.15) is 52.4 Å². The summed E-state index contributed by atoms with van der Waals surface area (Å²) in [5.41, 5.74) is 0. The average Bonchev–Trinajstić information content (AvgIpc) is 2.41. The molecule has 0 spiro atoms. The van der Waals surface area contributed by atoms with Crippen LogP contribution in [0.15, 0.2) is 0 Å². The minimum Gasteiger partial charge on any atom is -0.375 e. The first kappa shape index (κ1) is 11.4. The van der Waals surface area contributed by atoms with Gasteiger partial charge in [0.2, 0.25) is 0 Å². The number of ether oxygens (including phenoxy) is 1. The number of hydrogen-bond donors (Lipinski definition) is 1. The fourth-order valence-corrected chi connectivity index (χ4v) is 2.96. The van der Waals surface area contributed by atoms with Crippen LogP contribution in [0.2, 0.25) is 0 Å². The molecule has 2 rings (SSSR count). The summed E-state index contributed by atoms with van der Waals surface area (Å²) in [7, 11) is 0. The molecule has 0 bridgehead atoms. The molecular formula is C13H25NO. The van der Waals surface area contributed by atoms with Crippen molar-refractivity contribution in [2.45, 2.75) is 70.6 Å². The molecule has 0 aromatic carbocycles. The number of fused-ring (bicyclic) bond motifs is 1. The van der Waals surface area contributed by atoms with Gasteiger partial charge in [0.15, 0.2) is 0 Å². The molecule has 3 atom stereocenters. The van der Waals surface area contributed by atoms with Crippen LogP contribution < -0.4 is 5.32 Å². The van der Waals surface area contributed by atoms with Crippen molar-refractivity contribution in [1.82, 2.24) is 5.32 Å². The topological polar surface area (TPSA) is 21.3 Å². The summed E-state index contributed by atoms with van der Waals surface area (Å²) < 4.78 is 6.01. The van der Waals surface area contributed by atoms with Gasteiger partial charge < -0.3 is 10.1 Å². The highest BCUT2D eigenvalue weighted by molar-refractivity contribution is 4.87. The third-order valence-corrected chi connectivity index (χ3v) is 3.67. The number of morpholine rings is 1. The van der Waals surface area contributed by atoms with Gasteiger partial charge in [-0.1, -0.05) is 33.1 Å². The standard InChI is InChI=1S/C13H25NO/c1-10(2)8-11-9-15-13-7-5-3-4-6-12(13)14-11/h10-14H,3-9H2,1-2H3. The van der Waals surface area contributed by atoms with Gasteiger partial charge in [0, 0.05) is 12.1 Å². The summed E-state index contributed by atoms with van der Waals surface area (Å²) in [6.07, 6.45) is 8.49. The summed E-state index contributed by atoms with van der Waals surface area (Å²) in [5, 5.41) is 3.80. The molecule has 2 fully saturated rings. The van der Waals surface area contributed by atoms with E-state index in [4.69, 9.17) is 4.74 Å². The van der Waals surface area contributed by atoms with Crippen LogP contribution in [0.4, 0.5) is 0 Å². The van der Waals surface area contributed by atoms with Gasteiger partial charge in [-0.2, -0.15) is 0 Å². The Labute approximate surface area is 93.8 Å². The Kier molecular flexibility index (Phi) is 4.04. The minimum atomic E-state index is 0.510. The molecule has 1 aliphatic heterocycles. The van der Waals surface area contributed by atoms with E-state index in [9.17, 15) is 0 Å². The van der Waals surface area contributed by atoms with Gasteiger partial charge >= 0.3 is 0 Å². The predicted octanol–water partition coefficient (Wildman–Crippen LogP) is 2.72. The van der Waals surface area contributed by atoms with E-state index in [0.29, 0.717) is 18.2 Å². The number of rotatable bonds is 2. The lowest BCUT2D eigenvalue weighted by Crippen LogP contribution is -2.53. The maximum Gasteiger partial charge on any atom is 0.0728 e. The maximum absolute atomic E-state index is 6.01. The van der Waals surface area contributed by atoms with Gasteiger partial charge in [-0.25, -0.2) is 0 Å². The lowest BCUT2D eigenvalue weighted by atomic mass is 9.98. The van der Waals surface area contributed by atoms with Gasteiger partial charge in [0.05, 0.1) is 12.7 Å². The van der Waals surface area contributed by atoms with Crippen molar-refractivity contribution in [3.8, 4) is 0 Å². The molecule has 1 saturated heterocycles. The van der Waals surface area contributed by atoms with Crippen LogP contribution in [0, 0.1) is 5.92 Å². The maximum atomic E-state index is 6.01. The Bertz CT molecular complexity index is 193. The Morgan fingerprint density at radius 1 is 1.20 bits per heavy atom. The summed E-state index contributed by atoms with van der Waals surface area (Å²) in [6, 6.07) is 1.24. The van der Waals surface area contributed by atoms with Crippen molar-refractivity contribution in [2.24, 2.45) is 5.92 Å². The van der Waals surface area contributed by atoms with E-state index in [0.717, 1.165) is 12.5 Å². The molecule has 2 aliphatic rings. The SMILES string of the molecule is CC(C)CC1COC2CCCCCC2N1. The minimum absolute atomic E-state index is 0.510. The highest BCUT2D eigenvalue weighted by Gasteiger charge is 2.31. The van der Waals surface area contributed by atoms with Crippen LogP contribution >= 0.6 is 0 Å². The van der Waals surface area contributed by atoms with Crippen LogP contribution in [0.25, 0.3) is 0 Å². The fourth-order valence-electron chi connectivity index (χ4n) is 2.96. The van der Waals surface area contributed by atoms with E-state index >= 15 is 0 Å². The smallest absolute Gasteiger partial charge is 0.0728 e. The molecule has 0 radical (unpaired) electrons. The lowest BCUT2D eigenvalue weighted by molar-refractivity contribution is -0.0340. The van der Waals surface area contributed by atoms with E-state index in [-0.39, 0.29) is 0 Å². The van der Waals surface area contributed by atoms with Gasteiger partial charge in [-0.15, -0.1) is 0 Å². The van der Waals surface area contributed by atoms with E-state index < -0.39 is 0 Å². The van der Waals surface area contributed by atoms with E-state index in [1.54, 1.807) is 0 Å². The Balaban J connectivity index is 1.86. The zero-order valence-electron chi connectivity index (χ0n) is 10.2. The van der Waals surface area contributed by atoms with Crippen LogP contribution in [0.5, 0.6) is 0 Å². The van der Waals surface area contributed by atoms with Crippen molar-refractivity contribution >= 4 is 0 Å². The third-order valence-electron chi connectivity index (χ3n) is 3.67. The molecule has 0 aromatic rings. The van der Waals surface area contributed by atoms with Crippen molar-refractivity contribution in [3.63, 3.8) is 0 Å². The second-order valence-corrected chi connectivity index (χ2v) is 5.61. The quantitative estimate of drug-likeness (QED) is 0.758. The monoisotopic (exact) mass is 211 g/mol. The summed E-state index contributed by atoms with van der Waals surface area (Å²) >= 11 is 0. The molecule has 1 saturated carbocycles. The normalized spacial score (nSPS) is 37.4. The van der Waals surface area contributed by atoms with Gasteiger partial charge in [0.25, 0.3) is 0 Å². The first-order chi connectivity index (χ1) is 7.25. The highest BCUT2D eigenvalue weighted by Crippen LogP contribution is 2.25. The van der Waals surface area contributed by atoms with E-state index in [1.807, 2.05) is 0 Å². The molecule has 15 heavy (non-hydrogen) atoms. The van der Waals surface area contributed by atoms with Gasteiger partial charge in [0.1, 0.15) is 0 Å². The largest absolute Gasteiger partial charge is 0.375 e. The Morgan fingerprint density at radius 2 is 2.00 bits per heavy atom. The van der Waals surface area contributed by atoms with Gasteiger partial charge in [-0.05, 0) is 25.2 Å². The predicted molar refractivity (Wildman–Crippen MR) is 63.0 cm³/mol. The van der Waals surface area contributed by atoms with Crippen LogP contribution in [-0.4, -0.2) is 24.8 Å². The van der Waals surface area contributed by atoms with Crippen molar-refractivity contribution in [3.05, 3.63) is 0 Å². The molecule has 1 aliphatic carbocycles. The number of hydrogen-bond acceptors (Lipinski definition) is 2. The number of nitrogens with one attached hydrogen (secondary N) is 1. The average molecular weight is 211 g/mol. The summed E-state index contributed by atoms with van der Waals surface area (Å²) in [5.74, 6) is 0.772. The van der Waals surface area contributed by atoms with Crippen LogP contribution in [-0.2, 0) is 4.74 Å². The third kappa shape index (κ3) is 3.18. The van der Waals surface area contributed by atoms with Crippen molar-refractivity contribution < 1.29 is 4.74 Å². The van der Waals surface area contributed by atoms with Crippen molar-refractivity contribution in [2.75, 3.05) is 6.61 Å². The second kappa shape index (κ2) is 5.31. The molecule has 1 heterocycles. The fraction of sp³-hybridized carbons (Fsp3) is 1.00. The molecule has 0 amide bonds. The molecular weight excluding hydrogens is 186 g/mol. The van der Waals surface area contributed by atoms with Gasteiger partial charge in [-0.3, -0.25) is 0 Å². The molecule has 88 valence electrons. The van der Waals surface area contributed by atoms with E-state index in [1.165, 1.54) is 38.5 Å². The first-order valence-electron chi connectivity index (χ1n) is 6.63. The zero-order chi connectivity index (χ0) is 10.7. The van der Waals surface area contributed by atoms with E-state index in [2.05, 4.69) is 19.2 Å². The highest BCUT2D eigenvalue weighted by atomic mass is 16.5. The van der Waals surface area contributed by atoms with Crippen LogP contribution in [0.3, 0.4) is 0 Å².